The predicted molar refractivity (Wildman–Crippen MR) is 79.0 cm³/mol. The van der Waals surface area contributed by atoms with E-state index >= 15 is 0 Å². The Morgan fingerprint density at radius 2 is 1.62 bits per heavy atom. The Labute approximate surface area is 146 Å². The lowest BCUT2D eigenvalue weighted by Crippen LogP contribution is -2.34. The van der Waals surface area contributed by atoms with Crippen LogP contribution in [0.4, 0.5) is 13.2 Å². The average molecular weight is 378 g/mol. The summed E-state index contributed by atoms with van der Waals surface area (Å²) in [5.74, 6) is -5.57. The molecule has 0 bridgehead atoms. The molecule has 0 amide bonds. The zero-order valence-corrected chi connectivity index (χ0v) is 14.6. The molecule has 0 N–H and O–H groups in total. The maximum atomic E-state index is 12.8. The molecule has 0 aliphatic heterocycles. The van der Waals surface area contributed by atoms with Gasteiger partial charge in [0.15, 0.2) is 17.3 Å². The highest BCUT2D eigenvalue weighted by molar-refractivity contribution is 6.03. The minimum Gasteiger partial charge on any atom is -0.468 e. The van der Waals surface area contributed by atoms with Crippen LogP contribution in [-0.2, 0) is 30.0 Å². The molecule has 1 aromatic rings. The number of nitrogens with zero attached hydrogens (tertiary/aromatic N) is 2. The van der Waals surface area contributed by atoms with Crippen molar-refractivity contribution in [3.8, 4) is 0 Å². The van der Waals surface area contributed by atoms with Crippen LogP contribution in [0.25, 0.3) is 0 Å². The van der Waals surface area contributed by atoms with Crippen LogP contribution in [0.1, 0.15) is 48.6 Å². The number of rotatable bonds is 4. The van der Waals surface area contributed by atoms with E-state index in [1.165, 1.54) is 20.8 Å². The van der Waals surface area contributed by atoms with E-state index in [0.29, 0.717) is 6.20 Å². The van der Waals surface area contributed by atoms with E-state index in [2.05, 4.69) is 19.4 Å². The van der Waals surface area contributed by atoms with E-state index in [1.54, 1.807) is 0 Å². The molecule has 0 fully saturated rings. The summed E-state index contributed by atoms with van der Waals surface area (Å²) in [6, 6.07) is 0. The molecule has 1 rings (SSSR count). The number of esters is 3. The van der Waals surface area contributed by atoms with Gasteiger partial charge in [0.2, 0.25) is 0 Å². The summed E-state index contributed by atoms with van der Waals surface area (Å²) in [6.07, 6.45) is -4.61. The molecular weight excluding hydrogens is 361 g/mol. The van der Waals surface area contributed by atoms with Crippen LogP contribution in [0.15, 0.2) is 6.20 Å². The van der Waals surface area contributed by atoms with Crippen molar-refractivity contribution < 1.29 is 41.8 Å². The lowest BCUT2D eigenvalue weighted by atomic mass is 10.0. The summed E-state index contributed by atoms with van der Waals surface area (Å²) in [4.78, 5) is 42.8. The number of carbonyl (C=O) groups excluding carboxylic acids is 3. The fraction of sp³-hybridized carbons (Fsp3) is 0.533. The Kier molecular flexibility index (Phi) is 6.29. The first-order chi connectivity index (χ1) is 11.8. The predicted octanol–water partition coefficient (Wildman–Crippen LogP) is 1.88. The number of alkyl halides is 3. The second kappa shape index (κ2) is 7.67. The van der Waals surface area contributed by atoms with E-state index in [0.717, 1.165) is 14.2 Å². The lowest BCUT2D eigenvalue weighted by Gasteiger charge is -2.23. The molecule has 1 heterocycles. The van der Waals surface area contributed by atoms with Crippen LogP contribution in [-0.4, -0.2) is 47.7 Å². The van der Waals surface area contributed by atoms with Crippen LogP contribution in [0.5, 0.6) is 0 Å². The molecule has 1 atom stereocenters. The summed E-state index contributed by atoms with van der Waals surface area (Å²) in [5, 5.41) is 0. The van der Waals surface area contributed by atoms with Gasteiger partial charge < -0.3 is 14.2 Å². The van der Waals surface area contributed by atoms with Crippen molar-refractivity contribution in [2.75, 3.05) is 14.2 Å². The van der Waals surface area contributed by atoms with Crippen LogP contribution in [0.2, 0.25) is 0 Å². The van der Waals surface area contributed by atoms with Gasteiger partial charge in [0.05, 0.1) is 26.1 Å². The molecule has 1 aromatic heterocycles. The standard InChI is InChI=1S/C15H17F3N2O6/c1-14(2,3)26-12(22)8(11(21)24-4)9-10(13(23)25-5)20-7(6-19-9)15(16,17)18/h6,8H,1-5H3. The molecule has 0 radical (unpaired) electrons. The van der Waals surface area contributed by atoms with Crippen molar-refractivity contribution in [3.63, 3.8) is 0 Å². The Bertz CT molecular complexity index is 712. The zero-order chi connectivity index (χ0) is 20.3. The summed E-state index contributed by atoms with van der Waals surface area (Å²) < 4.78 is 52.4. The van der Waals surface area contributed by atoms with Crippen molar-refractivity contribution in [2.24, 2.45) is 0 Å². The Balaban J connectivity index is 3.56. The summed E-state index contributed by atoms with van der Waals surface area (Å²) in [6.45, 7) is 4.54. The topological polar surface area (TPSA) is 105 Å². The average Bonchev–Trinajstić information content (AvgIpc) is 2.51. The third-order valence-electron chi connectivity index (χ3n) is 2.82. The first-order valence-corrected chi connectivity index (χ1v) is 7.15. The van der Waals surface area contributed by atoms with Gasteiger partial charge in [-0.2, -0.15) is 13.2 Å². The van der Waals surface area contributed by atoms with E-state index in [-0.39, 0.29) is 0 Å². The van der Waals surface area contributed by atoms with Crippen molar-refractivity contribution >= 4 is 17.9 Å². The number of hydrogen-bond donors (Lipinski definition) is 0. The molecule has 0 saturated heterocycles. The number of carbonyl (C=O) groups is 3. The number of halogens is 3. The van der Waals surface area contributed by atoms with Crippen molar-refractivity contribution in [3.05, 3.63) is 23.3 Å². The summed E-state index contributed by atoms with van der Waals surface area (Å²) in [7, 11) is 1.85. The molecule has 1 unspecified atom stereocenters. The number of hydrogen-bond acceptors (Lipinski definition) is 8. The lowest BCUT2D eigenvalue weighted by molar-refractivity contribution is -0.163. The molecule has 26 heavy (non-hydrogen) atoms. The molecule has 11 heteroatoms. The van der Waals surface area contributed by atoms with Crippen molar-refractivity contribution in [1.29, 1.82) is 0 Å². The molecular formula is C15H17F3N2O6. The summed E-state index contributed by atoms with van der Waals surface area (Å²) in [5.41, 5.74) is -4.11. The highest BCUT2D eigenvalue weighted by Gasteiger charge is 2.41. The largest absolute Gasteiger partial charge is 0.468 e. The first kappa shape index (κ1) is 21.3. The molecule has 0 spiro atoms. The Morgan fingerprint density at radius 3 is 2.04 bits per heavy atom. The fourth-order valence-electron chi connectivity index (χ4n) is 1.79. The first-order valence-electron chi connectivity index (χ1n) is 7.15. The molecule has 0 saturated carbocycles. The van der Waals surface area contributed by atoms with Gasteiger partial charge in [0.25, 0.3) is 0 Å². The van der Waals surface area contributed by atoms with Crippen molar-refractivity contribution in [1.82, 2.24) is 9.97 Å². The Hall–Kier alpha value is -2.72. The summed E-state index contributed by atoms with van der Waals surface area (Å²) >= 11 is 0. The monoisotopic (exact) mass is 378 g/mol. The fourth-order valence-corrected chi connectivity index (χ4v) is 1.79. The van der Waals surface area contributed by atoms with Crippen molar-refractivity contribution in [2.45, 2.75) is 38.5 Å². The maximum Gasteiger partial charge on any atom is 0.434 e. The number of ether oxygens (including phenoxy) is 3. The van der Waals surface area contributed by atoms with Gasteiger partial charge in [-0.3, -0.25) is 14.6 Å². The van der Waals surface area contributed by atoms with Gasteiger partial charge in [0, 0.05) is 0 Å². The van der Waals surface area contributed by atoms with E-state index < -0.39 is 52.7 Å². The maximum absolute atomic E-state index is 12.8. The highest BCUT2D eigenvalue weighted by atomic mass is 19.4. The van der Waals surface area contributed by atoms with Crippen LogP contribution in [0, 0.1) is 0 Å². The second-order valence-corrected chi connectivity index (χ2v) is 5.97. The van der Waals surface area contributed by atoms with Gasteiger partial charge in [-0.05, 0) is 20.8 Å². The highest BCUT2D eigenvalue weighted by Crippen LogP contribution is 2.30. The van der Waals surface area contributed by atoms with Gasteiger partial charge in [-0.15, -0.1) is 0 Å². The second-order valence-electron chi connectivity index (χ2n) is 5.97. The molecule has 0 aromatic carbocycles. The normalized spacial score (nSPS) is 12.9. The van der Waals surface area contributed by atoms with Gasteiger partial charge >= 0.3 is 24.1 Å². The molecule has 0 aliphatic carbocycles. The third-order valence-corrected chi connectivity index (χ3v) is 2.82. The van der Waals surface area contributed by atoms with Gasteiger partial charge in [-0.1, -0.05) is 0 Å². The Morgan fingerprint density at radius 1 is 1.04 bits per heavy atom. The zero-order valence-electron chi connectivity index (χ0n) is 14.6. The van der Waals surface area contributed by atoms with Crippen LogP contribution < -0.4 is 0 Å². The van der Waals surface area contributed by atoms with E-state index in [4.69, 9.17) is 4.74 Å². The van der Waals surface area contributed by atoms with Crippen LogP contribution in [0.3, 0.4) is 0 Å². The smallest absolute Gasteiger partial charge is 0.434 e. The third kappa shape index (κ3) is 5.14. The molecule has 8 nitrogen and oxygen atoms in total. The van der Waals surface area contributed by atoms with E-state index in [9.17, 15) is 27.6 Å². The quantitative estimate of drug-likeness (QED) is 0.444. The van der Waals surface area contributed by atoms with Crippen LogP contribution >= 0.6 is 0 Å². The minimum absolute atomic E-state index is 0.294. The minimum atomic E-state index is -4.90. The molecule has 144 valence electrons. The molecule has 0 aliphatic rings. The van der Waals surface area contributed by atoms with Gasteiger partial charge in [-0.25, -0.2) is 9.78 Å². The van der Waals surface area contributed by atoms with Gasteiger partial charge in [0.1, 0.15) is 5.60 Å². The number of methoxy groups -OCH3 is 2. The SMILES string of the molecule is COC(=O)c1nc(C(F)(F)F)cnc1C(C(=O)OC)C(=O)OC(C)(C)C. The number of aromatic nitrogens is 2. The van der Waals surface area contributed by atoms with E-state index in [1.807, 2.05) is 0 Å².